The van der Waals surface area contributed by atoms with Crippen molar-refractivity contribution in [2.45, 2.75) is 31.7 Å². The Balaban J connectivity index is 1.45. The highest BCUT2D eigenvalue weighted by atomic mass is 19.1. The molecule has 4 nitrogen and oxygen atoms in total. The van der Waals surface area contributed by atoms with Crippen molar-refractivity contribution in [1.82, 2.24) is 19.7 Å². The summed E-state index contributed by atoms with van der Waals surface area (Å²) in [5.74, 6) is 0.265. The van der Waals surface area contributed by atoms with Crippen LogP contribution in [0.25, 0.3) is 0 Å². The molecule has 1 aliphatic heterocycles. The number of nitrogens with zero attached hydrogens (tertiary/aromatic N) is 4. The average molecular weight is 364 g/mol. The first-order valence-electron chi connectivity index (χ1n) is 9.56. The van der Waals surface area contributed by atoms with Gasteiger partial charge in [-0.2, -0.15) is 5.10 Å². The molecule has 1 aliphatic rings. The lowest BCUT2D eigenvalue weighted by Crippen LogP contribution is -2.34. The summed E-state index contributed by atoms with van der Waals surface area (Å²) >= 11 is 0. The van der Waals surface area contributed by atoms with E-state index in [0.717, 1.165) is 37.4 Å². The minimum Gasteiger partial charge on any atom is -0.298 e. The van der Waals surface area contributed by atoms with Gasteiger partial charge in [0, 0.05) is 55.6 Å². The summed E-state index contributed by atoms with van der Waals surface area (Å²) in [6, 6.07) is 13.1. The van der Waals surface area contributed by atoms with Crippen LogP contribution in [0.3, 0.4) is 0 Å². The molecule has 0 radical (unpaired) electrons. The van der Waals surface area contributed by atoms with Crippen LogP contribution in [0.2, 0.25) is 0 Å². The summed E-state index contributed by atoms with van der Waals surface area (Å²) in [6.07, 6.45) is 6.88. The van der Waals surface area contributed by atoms with Crippen LogP contribution in [0.1, 0.15) is 41.3 Å². The topological polar surface area (TPSA) is 34.0 Å². The minimum absolute atomic E-state index is 0.162. The molecular weight excluding hydrogens is 339 g/mol. The number of rotatable bonds is 5. The highest BCUT2D eigenvalue weighted by Gasteiger charge is 2.23. The lowest BCUT2D eigenvalue weighted by Gasteiger charge is -2.32. The van der Waals surface area contributed by atoms with Crippen molar-refractivity contribution in [3.63, 3.8) is 0 Å². The molecule has 0 aliphatic carbocycles. The van der Waals surface area contributed by atoms with E-state index in [1.807, 2.05) is 36.1 Å². The van der Waals surface area contributed by atoms with Gasteiger partial charge in [-0.15, -0.1) is 0 Å². The van der Waals surface area contributed by atoms with Crippen molar-refractivity contribution < 1.29 is 4.39 Å². The molecule has 3 heterocycles. The van der Waals surface area contributed by atoms with Crippen LogP contribution in [-0.4, -0.2) is 32.8 Å². The fourth-order valence-corrected chi connectivity index (χ4v) is 3.91. The van der Waals surface area contributed by atoms with Gasteiger partial charge < -0.3 is 0 Å². The van der Waals surface area contributed by atoms with Gasteiger partial charge in [0.05, 0.1) is 6.20 Å². The van der Waals surface area contributed by atoms with E-state index in [4.69, 9.17) is 4.98 Å². The Morgan fingerprint density at radius 1 is 1.15 bits per heavy atom. The average Bonchev–Trinajstić information content (AvgIpc) is 3.09. The Hall–Kier alpha value is -2.53. The van der Waals surface area contributed by atoms with Gasteiger partial charge in [0.2, 0.25) is 0 Å². The predicted molar refractivity (Wildman–Crippen MR) is 104 cm³/mol. The number of hydrogen-bond acceptors (Lipinski definition) is 3. The summed E-state index contributed by atoms with van der Waals surface area (Å²) in [4.78, 5) is 7.35. The van der Waals surface area contributed by atoms with Crippen LogP contribution in [0.4, 0.5) is 4.39 Å². The van der Waals surface area contributed by atoms with Crippen LogP contribution in [0, 0.1) is 5.82 Å². The quantitative estimate of drug-likeness (QED) is 0.688. The molecule has 1 aromatic carbocycles. The van der Waals surface area contributed by atoms with Crippen molar-refractivity contribution in [2.24, 2.45) is 7.05 Å². The third-order valence-electron chi connectivity index (χ3n) is 5.25. The highest BCUT2D eigenvalue weighted by molar-refractivity contribution is 5.25. The van der Waals surface area contributed by atoms with Gasteiger partial charge in [-0.1, -0.05) is 24.3 Å². The number of aromatic nitrogens is 3. The first kappa shape index (κ1) is 17.9. The Kier molecular flexibility index (Phi) is 5.30. The van der Waals surface area contributed by atoms with Gasteiger partial charge in [-0.05, 0) is 43.1 Å². The van der Waals surface area contributed by atoms with Crippen molar-refractivity contribution in [1.29, 1.82) is 0 Å². The SMILES string of the molecule is Cn1cc(CN2CCC[C@@H](c3cccc(Cc4ccccc4F)n3)C2)cn1. The fourth-order valence-electron chi connectivity index (χ4n) is 3.91. The molecule has 3 aromatic rings. The molecular formula is C22H25FN4. The maximum atomic E-state index is 13.9. The van der Waals surface area contributed by atoms with Crippen LogP contribution in [0.5, 0.6) is 0 Å². The Morgan fingerprint density at radius 2 is 2.04 bits per heavy atom. The molecule has 0 amide bonds. The van der Waals surface area contributed by atoms with E-state index >= 15 is 0 Å². The van der Waals surface area contributed by atoms with Crippen molar-refractivity contribution in [2.75, 3.05) is 13.1 Å². The van der Waals surface area contributed by atoms with Crippen LogP contribution >= 0.6 is 0 Å². The maximum Gasteiger partial charge on any atom is 0.126 e. The fraction of sp³-hybridized carbons (Fsp3) is 0.364. The second-order valence-corrected chi connectivity index (χ2v) is 7.42. The molecule has 27 heavy (non-hydrogen) atoms. The minimum atomic E-state index is -0.162. The summed E-state index contributed by atoms with van der Waals surface area (Å²) in [6.45, 7) is 3.05. The third kappa shape index (κ3) is 4.42. The standard InChI is InChI=1S/C22H25FN4/c1-26-14-17(13-24-26)15-27-11-5-7-19(16-27)22-10-4-8-20(25-22)12-18-6-2-3-9-21(18)23/h2-4,6,8-10,13-14,19H,5,7,11-12,15-16H2,1H3/t19-/m1/s1. The zero-order chi connectivity index (χ0) is 18.6. The van der Waals surface area contributed by atoms with Crippen molar-refractivity contribution in [3.05, 3.63) is 83.2 Å². The zero-order valence-corrected chi connectivity index (χ0v) is 15.7. The van der Waals surface area contributed by atoms with Crippen molar-refractivity contribution >= 4 is 0 Å². The normalized spacial score (nSPS) is 17.9. The number of pyridine rings is 1. The molecule has 0 spiro atoms. The molecule has 0 bridgehead atoms. The Morgan fingerprint density at radius 3 is 2.85 bits per heavy atom. The molecule has 2 aromatic heterocycles. The molecule has 5 heteroatoms. The van der Waals surface area contributed by atoms with Gasteiger partial charge in [0.1, 0.15) is 5.82 Å². The van der Waals surface area contributed by atoms with E-state index in [1.165, 1.54) is 18.1 Å². The summed E-state index contributed by atoms with van der Waals surface area (Å²) in [7, 11) is 1.95. The molecule has 4 rings (SSSR count). The summed E-state index contributed by atoms with van der Waals surface area (Å²) in [5.41, 5.74) is 4.00. The second kappa shape index (κ2) is 8.01. The molecule has 140 valence electrons. The number of likely N-dealkylation sites (tertiary alicyclic amines) is 1. The van der Waals surface area contributed by atoms with Crippen molar-refractivity contribution in [3.8, 4) is 0 Å². The monoisotopic (exact) mass is 364 g/mol. The van der Waals surface area contributed by atoms with Crippen LogP contribution < -0.4 is 0 Å². The highest BCUT2D eigenvalue weighted by Crippen LogP contribution is 2.27. The largest absolute Gasteiger partial charge is 0.298 e. The molecule has 0 saturated carbocycles. The van der Waals surface area contributed by atoms with E-state index in [9.17, 15) is 4.39 Å². The summed E-state index contributed by atoms with van der Waals surface area (Å²) < 4.78 is 15.8. The third-order valence-corrected chi connectivity index (χ3v) is 5.25. The van der Waals surface area contributed by atoms with E-state index in [1.54, 1.807) is 6.07 Å². The maximum absolute atomic E-state index is 13.9. The number of aryl methyl sites for hydroxylation is 1. The Labute approximate surface area is 159 Å². The Bertz CT molecular complexity index is 905. The lowest BCUT2D eigenvalue weighted by molar-refractivity contribution is 0.198. The number of piperidine rings is 1. The number of benzene rings is 1. The van der Waals surface area contributed by atoms with Gasteiger partial charge in [0.25, 0.3) is 0 Å². The van der Waals surface area contributed by atoms with Gasteiger partial charge in [-0.3, -0.25) is 14.6 Å². The lowest BCUT2D eigenvalue weighted by atomic mass is 9.93. The molecule has 1 fully saturated rings. The van der Waals surface area contributed by atoms with E-state index in [0.29, 0.717) is 17.9 Å². The molecule has 1 saturated heterocycles. The first-order chi connectivity index (χ1) is 13.2. The smallest absolute Gasteiger partial charge is 0.126 e. The first-order valence-corrected chi connectivity index (χ1v) is 9.56. The van der Waals surface area contributed by atoms with Crippen LogP contribution in [0.15, 0.2) is 54.9 Å². The number of hydrogen-bond donors (Lipinski definition) is 0. The van der Waals surface area contributed by atoms with Crippen LogP contribution in [-0.2, 0) is 20.0 Å². The van der Waals surface area contributed by atoms with Gasteiger partial charge >= 0.3 is 0 Å². The zero-order valence-electron chi connectivity index (χ0n) is 15.7. The summed E-state index contributed by atoms with van der Waals surface area (Å²) in [5, 5.41) is 4.26. The predicted octanol–water partition coefficient (Wildman–Crippen LogP) is 3.92. The van der Waals surface area contributed by atoms with E-state index in [2.05, 4.69) is 28.3 Å². The molecule has 0 unspecified atom stereocenters. The second-order valence-electron chi connectivity index (χ2n) is 7.42. The van der Waals surface area contributed by atoms with E-state index in [-0.39, 0.29) is 5.82 Å². The van der Waals surface area contributed by atoms with Gasteiger partial charge in [0.15, 0.2) is 0 Å². The van der Waals surface area contributed by atoms with Gasteiger partial charge in [-0.25, -0.2) is 4.39 Å². The number of halogens is 1. The molecule has 0 N–H and O–H groups in total. The molecule has 1 atom stereocenters. The van der Waals surface area contributed by atoms with E-state index < -0.39 is 0 Å².